The average Bonchev–Trinajstić information content (AvgIpc) is 2.51. The summed E-state index contributed by atoms with van der Waals surface area (Å²) < 4.78 is 1.60. The van der Waals surface area contributed by atoms with E-state index in [4.69, 9.17) is 0 Å². The van der Waals surface area contributed by atoms with Gasteiger partial charge in [-0.05, 0) is 33.6 Å². The Morgan fingerprint density at radius 3 is 2.06 bits per heavy atom. The Morgan fingerprint density at radius 2 is 1.56 bits per heavy atom. The molecule has 0 aliphatic heterocycles. The summed E-state index contributed by atoms with van der Waals surface area (Å²) in [6, 6.07) is 0. The summed E-state index contributed by atoms with van der Waals surface area (Å²) in [5.41, 5.74) is -0.998. The van der Waals surface area contributed by atoms with Crippen molar-refractivity contribution in [2.45, 2.75) is 38.9 Å². The number of hydrogen-bond acceptors (Lipinski definition) is 3. The molecule has 1 aromatic heterocycles. The number of aliphatic hydroxyl groups is 2. The van der Waals surface area contributed by atoms with Gasteiger partial charge in [-0.15, -0.1) is 0 Å². The number of aromatic nitrogens is 2. The van der Waals surface area contributed by atoms with E-state index in [1.54, 1.807) is 45.6 Å². The van der Waals surface area contributed by atoms with Crippen LogP contribution in [0.3, 0.4) is 0 Å². The Labute approximate surface area is 108 Å². The van der Waals surface area contributed by atoms with Crippen LogP contribution >= 0.6 is 0 Å². The highest BCUT2D eigenvalue weighted by molar-refractivity contribution is 5.46. The zero-order valence-corrected chi connectivity index (χ0v) is 11.4. The maximum atomic E-state index is 9.56. The average molecular weight is 246 g/mol. The smallest absolute Gasteiger partial charge is 0.151 e. The minimum absolute atomic E-state index is 0.497. The van der Waals surface area contributed by atoms with Gasteiger partial charge in [-0.25, -0.2) is 0 Å². The molecule has 0 saturated heterocycles. The maximum absolute atomic E-state index is 9.56. The minimum atomic E-state index is -1.07. The zero-order valence-electron chi connectivity index (χ0n) is 11.4. The van der Waals surface area contributed by atoms with Gasteiger partial charge in [-0.1, -0.05) is 17.8 Å². The molecule has 18 heavy (non-hydrogen) atoms. The molecule has 0 aliphatic rings. The van der Waals surface area contributed by atoms with Crippen LogP contribution in [0.1, 0.15) is 39.0 Å². The standard InChI is InChI=1S/C14H18N2O2/c1-13(2,17)8-6-11-10-16(5)15-12(11)7-9-14(3,4)18/h10,17-18H,1-5H3. The van der Waals surface area contributed by atoms with Crippen LogP contribution < -0.4 is 0 Å². The predicted molar refractivity (Wildman–Crippen MR) is 69.6 cm³/mol. The Hall–Kier alpha value is -1.75. The van der Waals surface area contributed by atoms with Crippen LogP contribution in [0.15, 0.2) is 6.20 Å². The number of hydrogen-bond donors (Lipinski definition) is 2. The van der Waals surface area contributed by atoms with E-state index in [-0.39, 0.29) is 0 Å². The molecule has 1 rings (SSSR count). The van der Waals surface area contributed by atoms with Gasteiger partial charge in [0.05, 0.1) is 5.56 Å². The van der Waals surface area contributed by atoms with Gasteiger partial charge in [0.15, 0.2) is 5.69 Å². The van der Waals surface area contributed by atoms with Crippen molar-refractivity contribution < 1.29 is 10.2 Å². The highest BCUT2D eigenvalue weighted by Crippen LogP contribution is 2.06. The molecule has 1 heterocycles. The van der Waals surface area contributed by atoms with Crippen LogP contribution in [0.25, 0.3) is 0 Å². The van der Waals surface area contributed by atoms with Gasteiger partial charge in [0.25, 0.3) is 0 Å². The first-order valence-electron chi connectivity index (χ1n) is 5.61. The van der Waals surface area contributed by atoms with Gasteiger partial charge in [0.2, 0.25) is 0 Å². The first-order chi connectivity index (χ1) is 8.07. The monoisotopic (exact) mass is 246 g/mol. The van der Waals surface area contributed by atoms with Crippen molar-refractivity contribution in [3.63, 3.8) is 0 Å². The second-order valence-electron chi connectivity index (χ2n) is 5.18. The number of aryl methyl sites for hydroxylation is 1. The summed E-state index contributed by atoms with van der Waals surface area (Å²) in [7, 11) is 1.77. The summed E-state index contributed by atoms with van der Waals surface area (Å²) in [5.74, 6) is 11.0. The van der Waals surface area contributed by atoms with Crippen molar-refractivity contribution in [2.75, 3.05) is 0 Å². The molecule has 1 aromatic rings. The molecule has 96 valence electrons. The lowest BCUT2D eigenvalue weighted by Gasteiger charge is -2.06. The van der Waals surface area contributed by atoms with E-state index in [9.17, 15) is 10.2 Å². The molecule has 2 N–H and O–H groups in total. The molecule has 0 unspecified atom stereocenters. The number of rotatable bonds is 0. The Balaban J connectivity index is 3.13. The van der Waals surface area contributed by atoms with Gasteiger partial charge in [-0.2, -0.15) is 5.10 Å². The zero-order chi connectivity index (χ0) is 14.0. The van der Waals surface area contributed by atoms with Crippen LogP contribution in [0, 0.1) is 23.7 Å². The Kier molecular flexibility index (Phi) is 3.86. The van der Waals surface area contributed by atoms with Crippen LogP contribution in [-0.2, 0) is 7.05 Å². The fraction of sp³-hybridized carbons (Fsp3) is 0.500. The largest absolute Gasteiger partial charge is 0.378 e. The normalized spacial score (nSPS) is 11.3. The highest BCUT2D eigenvalue weighted by atomic mass is 16.3. The molecule has 0 atom stereocenters. The third kappa shape index (κ3) is 5.05. The molecule has 0 fully saturated rings. The van der Waals surface area contributed by atoms with Crippen molar-refractivity contribution in [1.29, 1.82) is 0 Å². The maximum Gasteiger partial charge on any atom is 0.151 e. The lowest BCUT2D eigenvalue weighted by atomic mass is 10.1. The SMILES string of the molecule is Cn1cc(C#CC(C)(C)O)c(C#CC(C)(C)O)n1. The molecule has 0 aromatic carbocycles. The third-order valence-corrected chi connectivity index (χ3v) is 1.82. The van der Waals surface area contributed by atoms with Crippen LogP contribution in [0.2, 0.25) is 0 Å². The topological polar surface area (TPSA) is 58.3 Å². The van der Waals surface area contributed by atoms with Crippen LogP contribution in [0.5, 0.6) is 0 Å². The van der Waals surface area contributed by atoms with E-state index in [2.05, 4.69) is 28.8 Å². The van der Waals surface area contributed by atoms with Gasteiger partial charge < -0.3 is 10.2 Å². The van der Waals surface area contributed by atoms with Crippen molar-refractivity contribution in [1.82, 2.24) is 9.78 Å². The Bertz CT molecular complexity index is 500. The van der Waals surface area contributed by atoms with Crippen molar-refractivity contribution >= 4 is 0 Å². The van der Waals surface area contributed by atoms with Gasteiger partial charge in [0.1, 0.15) is 11.2 Å². The van der Waals surface area contributed by atoms with E-state index in [1.807, 2.05) is 0 Å². The molecule has 0 radical (unpaired) electrons. The van der Waals surface area contributed by atoms with Crippen molar-refractivity contribution in [2.24, 2.45) is 7.05 Å². The van der Waals surface area contributed by atoms with Crippen molar-refractivity contribution in [3.05, 3.63) is 17.5 Å². The summed E-state index contributed by atoms with van der Waals surface area (Å²) >= 11 is 0. The van der Waals surface area contributed by atoms with Crippen molar-refractivity contribution in [3.8, 4) is 23.7 Å². The highest BCUT2D eigenvalue weighted by Gasteiger charge is 2.10. The molecule has 0 spiro atoms. The third-order valence-electron chi connectivity index (χ3n) is 1.82. The second-order valence-corrected chi connectivity index (χ2v) is 5.18. The summed E-state index contributed by atoms with van der Waals surface area (Å²) in [5, 5.41) is 23.3. The lowest BCUT2D eigenvalue weighted by Crippen LogP contribution is -2.15. The first kappa shape index (κ1) is 14.3. The molecule has 0 saturated carbocycles. The summed E-state index contributed by atoms with van der Waals surface area (Å²) in [6.45, 7) is 6.42. The quantitative estimate of drug-likeness (QED) is 0.661. The number of nitrogens with zero attached hydrogens (tertiary/aromatic N) is 2. The molecular formula is C14H18N2O2. The summed E-state index contributed by atoms with van der Waals surface area (Å²) in [6.07, 6.45) is 1.73. The van der Waals surface area contributed by atoms with Crippen LogP contribution in [0.4, 0.5) is 0 Å². The van der Waals surface area contributed by atoms with Gasteiger partial charge in [0, 0.05) is 13.2 Å². The van der Waals surface area contributed by atoms with Gasteiger partial charge >= 0.3 is 0 Å². The van der Waals surface area contributed by atoms with E-state index < -0.39 is 11.2 Å². The van der Waals surface area contributed by atoms with E-state index in [0.29, 0.717) is 11.3 Å². The second kappa shape index (κ2) is 4.86. The van der Waals surface area contributed by atoms with Crippen LogP contribution in [-0.4, -0.2) is 31.2 Å². The minimum Gasteiger partial charge on any atom is -0.378 e. The molecule has 4 heteroatoms. The van der Waals surface area contributed by atoms with E-state index in [1.165, 1.54) is 0 Å². The molecule has 0 bridgehead atoms. The molecule has 4 nitrogen and oxygen atoms in total. The van der Waals surface area contributed by atoms with E-state index >= 15 is 0 Å². The summed E-state index contributed by atoms with van der Waals surface area (Å²) in [4.78, 5) is 0. The van der Waals surface area contributed by atoms with E-state index in [0.717, 1.165) is 0 Å². The fourth-order valence-corrected chi connectivity index (χ4v) is 1.10. The lowest BCUT2D eigenvalue weighted by molar-refractivity contribution is 0.143. The molecular weight excluding hydrogens is 228 g/mol. The molecule has 0 aliphatic carbocycles. The Morgan fingerprint density at radius 1 is 1.06 bits per heavy atom. The predicted octanol–water partition coefficient (Wildman–Crippen LogP) is 0.665. The molecule has 0 amide bonds. The van der Waals surface area contributed by atoms with Gasteiger partial charge in [-0.3, -0.25) is 4.68 Å². The first-order valence-corrected chi connectivity index (χ1v) is 5.61. The fourth-order valence-electron chi connectivity index (χ4n) is 1.10.